The number of nitrogens with zero attached hydrogens (tertiary/aromatic N) is 4. The normalized spacial score (nSPS) is 17.6. The van der Waals surface area contributed by atoms with Crippen LogP contribution in [0.25, 0.3) is 5.65 Å². The summed E-state index contributed by atoms with van der Waals surface area (Å²) in [4.78, 5) is 30.0. The first-order chi connectivity index (χ1) is 13.1. The van der Waals surface area contributed by atoms with Gasteiger partial charge in [0.05, 0.1) is 4.92 Å². The molecule has 1 aliphatic rings. The van der Waals surface area contributed by atoms with Gasteiger partial charge in [-0.25, -0.2) is 4.98 Å². The maximum atomic E-state index is 12.7. The smallest absolute Gasteiger partial charge is 0.351 e. The number of nitro groups is 1. The molecule has 3 aromatic rings. The Morgan fingerprint density at radius 3 is 2.59 bits per heavy atom. The summed E-state index contributed by atoms with van der Waals surface area (Å²) in [5.41, 5.74) is 0.633. The Morgan fingerprint density at radius 1 is 1.04 bits per heavy atom. The molecule has 1 fully saturated rings. The second-order valence-corrected chi connectivity index (χ2v) is 6.80. The Bertz CT molecular complexity index is 1030. The average Bonchev–Trinajstić information content (AvgIpc) is 2.94. The van der Waals surface area contributed by atoms with Crippen molar-refractivity contribution in [1.29, 1.82) is 0 Å². The number of benzene rings is 1. The number of anilines is 1. The highest BCUT2D eigenvalue weighted by molar-refractivity contribution is 5.61. The summed E-state index contributed by atoms with van der Waals surface area (Å²) in [6.07, 6.45) is 4.29. The minimum absolute atomic E-state index is 0.185. The van der Waals surface area contributed by atoms with Crippen molar-refractivity contribution in [3.8, 4) is 0 Å². The molecule has 0 amide bonds. The van der Waals surface area contributed by atoms with Crippen LogP contribution in [-0.4, -0.2) is 27.4 Å². The third kappa shape index (κ3) is 3.28. The van der Waals surface area contributed by atoms with E-state index in [-0.39, 0.29) is 5.82 Å². The second kappa shape index (κ2) is 7.19. The van der Waals surface area contributed by atoms with Crippen molar-refractivity contribution >= 4 is 17.2 Å². The van der Waals surface area contributed by atoms with Crippen LogP contribution in [0.3, 0.4) is 0 Å². The number of hydrogen-bond acceptors (Lipinski definition) is 5. The van der Waals surface area contributed by atoms with Gasteiger partial charge in [-0.05, 0) is 42.9 Å². The van der Waals surface area contributed by atoms with Crippen LogP contribution in [-0.2, 0) is 0 Å². The molecule has 0 radical (unpaired) electrons. The molecule has 1 aromatic carbocycles. The zero-order valence-electron chi connectivity index (χ0n) is 14.8. The van der Waals surface area contributed by atoms with Crippen molar-refractivity contribution in [3.63, 3.8) is 0 Å². The van der Waals surface area contributed by atoms with E-state index in [9.17, 15) is 14.9 Å². The Kier molecular flexibility index (Phi) is 4.58. The monoisotopic (exact) mass is 364 g/mol. The van der Waals surface area contributed by atoms with E-state index >= 15 is 0 Å². The molecule has 7 nitrogen and oxygen atoms in total. The lowest BCUT2D eigenvalue weighted by molar-refractivity contribution is -0.385. The van der Waals surface area contributed by atoms with Crippen LogP contribution in [0.4, 0.5) is 11.5 Å². The number of rotatable bonds is 3. The molecule has 2 aromatic heterocycles. The summed E-state index contributed by atoms with van der Waals surface area (Å²) in [5.74, 6) is 0.599. The zero-order valence-corrected chi connectivity index (χ0v) is 14.8. The van der Waals surface area contributed by atoms with Gasteiger partial charge in [-0.15, -0.1) is 0 Å². The molecule has 0 spiro atoms. The van der Waals surface area contributed by atoms with Crippen LogP contribution in [0, 0.1) is 10.1 Å². The van der Waals surface area contributed by atoms with Crippen LogP contribution >= 0.6 is 0 Å². The predicted molar refractivity (Wildman–Crippen MR) is 103 cm³/mol. The molecule has 0 N–H and O–H groups in total. The Hall–Kier alpha value is -3.22. The molecule has 0 saturated carbocycles. The van der Waals surface area contributed by atoms with E-state index in [2.05, 4.69) is 17.1 Å². The predicted octanol–water partition coefficient (Wildman–Crippen LogP) is 3.38. The van der Waals surface area contributed by atoms with Crippen molar-refractivity contribution in [2.75, 3.05) is 18.0 Å². The molecule has 27 heavy (non-hydrogen) atoms. The van der Waals surface area contributed by atoms with E-state index < -0.39 is 16.2 Å². The fourth-order valence-electron chi connectivity index (χ4n) is 3.82. The first-order valence-corrected chi connectivity index (χ1v) is 9.11. The van der Waals surface area contributed by atoms with Crippen LogP contribution in [0.2, 0.25) is 0 Å². The largest absolute Gasteiger partial charge is 0.376 e. The quantitative estimate of drug-likeness (QED) is 0.526. The Morgan fingerprint density at radius 2 is 1.81 bits per heavy atom. The average molecular weight is 364 g/mol. The highest BCUT2D eigenvalue weighted by Gasteiger charge is 2.29. The summed E-state index contributed by atoms with van der Waals surface area (Å²) in [5, 5.41) is 11.6. The Labute approximate surface area is 156 Å². The minimum atomic E-state index is -0.635. The molecule has 0 bridgehead atoms. The summed E-state index contributed by atoms with van der Waals surface area (Å²) < 4.78 is 1.23. The lowest BCUT2D eigenvalue weighted by Crippen LogP contribution is -2.30. The summed E-state index contributed by atoms with van der Waals surface area (Å²) in [6, 6.07) is 15.5. The highest BCUT2D eigenvalue weighted by atomic mass is 16.6. The molecule has 138 valence electrons. The van der Waals surface area contributed by atoms with Gasteiger partial charge in [0.2, 0.25) is 5.82 Å². The zero-order chi connectivity index (χ0) is 18.8. The topological polar surface area (TPSA) is 80.8 Å². The van der Waals surface area contributed by atoms with E-state index in [0.717, 1.165) is 19.3 Å². The summed E-state index contributed by atoms with van der Waals surface area (Å²) >= 11 is 0. The minimum Gasteiger partial charge on any atom is -0.351 e. The van der Waals surface area contributed by atoms with E-state index in [1.807, 2.05) is 23.1 Å². The Balaban J connectivity index is 1.71. The number of aromatic nitrogens is 2. The molecule has 1 atom stereocenters. The standard InChI is InChI=1S/C20H20N4O3/c25-20-18(24(26)27)19(21-17-10-4-5-13-23(17)20)22-12-6-9-16(11-14-22)15-7-2-1-3-8-15/h1-5,7-8,10,13,16H,6,9,11-12,14H2. The molecular weight excluding hydrogens is 344 g/mol. The van der Waals surface area contributed by atoms with Crippen molar-refractivity contribution < 1.29 is 4.92 Å². The fraction of sp³-hybridized carbons (Fsp3) is 0.300. The van der Waals surface area contributed by atoms with Crippen LogP contribution < -0.4 is 10.5 Å². The molecule has 1 saturated heterocycles. The van der Waals surface area contributed by atoms with Gasteiger partial charge in [0, 0.05) is 19.3 Å². The van der Waals surface area contributed by atoms with Crippen LogP contribution in [0.15, 0.2) is 59.5 Å². The highest BCUT2D eigenvalue weighted by Crippen LogP contribution is 2.31. The van der Waals surface area contributed by atoms with Gasteiger partial charge in [0.25, 0.3) is 0 Å². The fourth-order valence-corrected chi connectivity index (χ4v) is 3.82. The third-order valence-electron chi connectivity index (χ3n) is 5.17. The lowest BCUT2D eigenvalue weighted by Gasteiger charge is -2.21. The van der Waals surface area contributed by atoms with Crippen LogP contribution in [0.5, 0.6) is 0 Å². The van der Waals surface area contributed by atoms with E-state index in [1.54, 1.807) is 18.2 Å². The van der Waals surface area contributed by atoms with Gasteiger partial charge in [0.1, 0.15) is 5.65 Å². The van der Waals surface area contributed by atoms with E-state index in [4.69, 9.17) is 0 Å². The molecule has 4 rings (SSSR count). The second-order valence-electron chi connectivity index (χ2n) is 6.80. The van der Waals surface area contributed by atoms with Gasteiger partial charge in [-0.3, -0.25) is 19.3 Å². The van der Waals surface area contributed by atoms with Crippen molar-refractivity contribution in [3.05, 3.63) is 80.8 Å². The van der Waals surface area contributed by atoms with E-state index in [1.165, 1.54) is 16.2 Å². The summed E-state index contributed by atoms with van der Waals surface area (Å²) in [6.45, 7) is 1.29. The van der Waals surface area contributed by atoms with Gasteiger partial charge < -0.3 is 4.90 Å². The molecule has 3 heterocycles. The first kappa shape index (κ1) is 17.2. The maximum absolute atomic E-state index is 12.7. The molecule has 0 aliphatic carbocycles. The van der Waals surface area contributed by atoms with Gasteiger partial charge in [0.15, 0.2) is 0 Å². The van der Waals surface area contributed by atoms with Crippen LogP contribution in [0.1, 0.15) is 30.7 Å². The first-order valence-electron chi connectivity index (χ1n) is 9.11. The van der Waals surface area contributed by atoms with Gasteiger partial charge >= 0.3 is 11.2 Å². The molecule has 7 heteroatoms. The molecule has 1 aliphatic heterocycles. The third-order valence-corrected chi connectivity index (χ3v) is 5.17. The maximum Gasteiger partial charge on any atom is 0.376 e. The lowest BCUT2D eigenvalue weighted by atomic mass is 9.92. The summed E-state index contributed by atoms with van der Waals surface area (Å²) in [7, 11) is 0. The number of hydrogen-bond donors (Lipinski definition) is 0. The number of pyridine rings is 1. The van der Waals surface area contributed by atoms with Crippen molar-refractivity contribution in [2.24, 2.45) is 0 Å². The SMILES string of the molecule is O=c1c([N+](=O)[O-])c(N2CCCC(c3ccccc3)CC2)nc2ccccn12. The van der Waals surface area contributed by atoms with Crippen molar-refractivity contribution in [2.45, 2.75) is 25.2 Å². The molecular formula is C20H20N4O3. The van der Waals surface area contributed by atoms with Gasteiger partial charge in [-0.2, -0.15) is 0 Å². The van der Waals surface area contributed by atoms with Crippen molar-refractivity contribution in [1.82, 2.24) is 9.38 Å². The molecule has 1 unspecified atom stereocenters. The van der Waals surface area contributed by atoms with Gasteiger partial charge in [-0.1, -0.05) is 36.4 Å². The van der Waals surface area contributed by atoms with E-state index in [0.29, 0.717) is 24.7 Å². The number of fused-ring (bicyclic) bond motifs is 1.